The molecule has 4 rings (SSSR count). The first-order valence-corrected chi connectivity index (χ1v) is 8.68. The molecule has 1 N–H and O–H groups in total. The van der Waals surface area contributed by atoms with Crippen molar-refractivity contribution in [1.82, 2.24) is 15.0 Å². The number of aromatic nitrogens is 3. The molecular formula is C19H17F3N4O. The lowest BCUT2D eigenvalue weighted by molar-refractivity contribution is -0.137. The van der Waals surface area contributed by atoms with Gasteiger partial charge in [0.05, 0.1) is 10.9 Å². The van der Waals surface area contributed by atoms with Crippen LogP contribution < -0.4 is 4.90 Å². The summed E-state index contributed by atoms with van der Waals surface area (Å²) in [7, 11) is 0. The number of nitrogens with one attached hydrogen (secondary N) is 1. The normalized spacial score (nSPS) is 18.0. The second-order valence-electron chi connectivity index (χ2n) is 6.66. The SMILES string of the molecule is O=C(c1ccc(C(F)(F)F)cc1)C1CCCN(c2ncnc3[nH]ccc23)C1. The van der Waals surface area contributed by atoms with Gasteiger partial charge in [-0.25, -0.2) is 9.97 Å². The summed E-state index contributed by atoms with van der Waals surface area (Å²) in [5.74, 6) is 0.360. The Morgan fingerprint density at radius 2 is 1.93 bits per heavy atom. The van der Waals surface area contributed by atoms with Crippen LogP contribution in [0.3, 0.4) is 0 Å². The van der Waals surface area contributed by atoms with Crippen molar-refractivity contribution in [3.8, 4) is 0 Å². The first-order valence-electron chi connectivity index (χ1n) is 8.68. The van der Waals surface area contributed by atoms with E-state index in [1.807, 2.05) is 11.0 Å². The quantitative estimate of drug-likeness (QED) is 0.702. The van der Waals surface area contributed by atoms with Gasteiger partial charge in [-0.1, -0.05) is 12.1 Å². The minimum Gasteiger partial charge on any atom is -0.355 e. The third kappa shape index (κ3) is 3.39. The van der Waals surface area contributed by atoms with Crippen LogP contribution in [0, 0.1) is 5.92 Å². The number of piperidine rings is 1. The zero-order chi connectivity index (χ0) is 19.0. The number of benzene rings is 1. The predicted octanol–water partition coefficient (Wildman–Crippen LogP) is 4.08. The van der Waals surface area contributed by atoms with Crippen molar-refractivity contribution in [1.29, 1.82) is 0 Å². The number of aromatic amines is 1. The summed E-state index contributed by atoms with van der Waals surface area (Å²) in [6.45, 7) is 1.26. The molecule has 0 spiro atoms. The molecule has 5 nitrogen and oxygen atoms in total. The van der Waals surface area contributed by atoms with E-state index in [0.29, 0.717) is 18.5 Å². The van der Waals surface area contributed by atoms with Gasteiger partial charge in [0.15, 0.2) is 5.78 Å². The number of alkyl halides is 3. The van der Waals surface area contributed by atoms with Gasteiger partial charge in [-0.3, -0.25) is 4.79 Å². The summed E-state index contributed by atoms with van der Waals surface area (Å²) in [6.07, 6.45) is 0.385. The molecule has 8 heteroatoms. The van der Waals surface area contributed by atoms with E-state index in [-0.39, 0.29) is 11.7 Å². The summed E-state index contributed by atoms with van der Waals surface area (Å²) in [6, 6.07) is 6.34. The number of hydrogen-bond donors (Lipinski definition) is 1. The summed E-state index contributed by atoms with van der Waals surface area (Å²) in [5, 5.41) is 0.889. The van der Waals surface area contributed by atoms with Gasteiger partial charge in [-0.05, 0) is 31.0 Å². The molecule has 1 aromatic carbocycles. The molecule has 0 amide bonds. The molecule has 1 unspecified atom stereocenters. The van der Waals surface area contributed by atoms with Crippen LogP contribution in [0.4, 0.5) is 19.0 Å². The van der Waals surface area contributed by atoms with Crippen LogP contribution in [0.2, 0.25) is 0 Å². The number of carbonyl (C=O) groups is 1. The van der Waals surface area contributed by atoms with Gasteiger partial charge in [-0.2, -0.15) is 13.2 Å². The maximum atomic E-state index is 12.8. The molecule has 0 radical (unpaired) electrons. The number of rotatable bonds is 3. The fourth-order valence-corrected chi connectivity index (χ4v) is 3.55. The third-order valence-electron chi connectivity index (χ3n) is 4.92. The van der Waals surface area contributed by atoms with E-state index in [9.17, 15) is 18.0 Å². The minimum absolute atomic E-state index is 0.132. The summed E-state index contributed by atoms with van der Waals surface area (Å²) in [4.78, 5) is 26.4. The molecule has 3 heterocycles. The topological polar surface area (TPSA) is 61.9 Å². The van der Waals surface area contributed by atoms with E-state index in [4.69, 9.17) is 0 Å². The summed E-state index contributed by atoms with van der Waals surface area (Å²) >= 11 is 0. The fraction of sp³-hybridized carbons (Fsp3) is 0.316. The second kappa shape index (κ2) is 6.68. The van der Waals surface area contributed by atoms with Crippen LogP contribution in [-0.2, 0) is 6.18 Å². The number of hydrogen-bond acceptors (Lipinski definition) is 4. The summed E-state index contributed by atoms with van der Waals surface area (Å²) in [5.41, 5.74) is 0.292. The van der Waals surface area contributed by atoms with E-state index in [0.717, 1.165) is 41.9 Å². The van der Waals surface area contributed by atoms with Gasteiger partial charge in [-0.15, -0.1) is 0 Å². The van der Waals surface area contributed by atoms with Gasteiger partial charge in [0.25, 0.3) is 0 Å². The first kappa shape index (κ1) is 17.5. The lowest BCUT2D eigenvalue weighted by Crippen LogP contribution is -2.39. The molecule has 2 aromatic heterocycles. The second-order valence-corrected chi connectivity index (χ2v) is 6.66. The molecule has 0 bridgehead atoms. The fourth-order valence-electron chi connectivity index (χ4n) is 3.55. The van der Waals surface area contributed by atoms with Crippen molar-refractivity contribution in [2.75, 3.05) is 18.0 Å². The van der Waals surface area contributed by atoms with Crippen molar-refractivity contribution < 1.29 is 18.0 Å². The average Bonchev–Trinajstić information content (AvgIpc) is 3.16. The Kier molecular flexibility index (Phi) is 4.33. The van der Waals surface area contributed by atoms with Crippen LogP contribution in [0.5, 0.6) is 0 Å². The number of fused-ring (bicyclic) bond motifs is 1. The Balaban J connectivity index is 1.54. The highest BCUT2D eigenvalue weighted by Gasteiger charge is 2.32. The Morgan fingerprint density at radius 3 is 2.67 bits per heavy atom. The average molecular weight is 374 g/mol. The molecule has 1 atom stereocenters. The lowest BCUT2D eigenvalue weighted by atomic mass is 9.89. The third-order valence-corrected chi connectivity index (χ3v) is 4.92. The van der Waals surface area contributed by atoms with E-state index in [2.05, 4.69) is 15.0 Å². The molecule has 27 heavy (non-hydrogen) atoms. The Bertz CT molecular complexity index is 965. The van der Waals surface area contributed by atoms with Gasteiger partial charge in [0.1, 0.15) is 17.8 Å². The predicted molar refractivity (Wildman–Crippen MR) is 94.6 cm³/mol. The number of anilines is 1. The number of carbonyl (C=O) groups excluding carboxylic acids is 1. The van der Waals surface area contributed by atoms with E-state index < -0.39 is 11.7 Å². The highest BCUT2D eigenvalue weighted by molar-refractivity contribution is 5.98. The Hall–Kier alpha value is -2.90. The molecule has 0 aliphatic carbocycles. The zero-order valence-electron chi connectivity index (χ0n) is 14.3. The van der Waals surface area contributed by atoms with Crippen LogP contribution >= 0.6 is 0 Å². The van der Waals surface area contributed by atoms with Crippen LogP contribution in [-0.4, -0.2) is 33.8 Å². The number of H-pyrrole nitrogens is 1. The van der Waals surface area contributed by atoms with E-state index >= 15 is 0 Å². The Morgan fingerprint density at radius 1 is 1.15 bits per heavy atom. The van der Waals surface area contributed by atoms with Gasteiger partial charge < -0.3 is 9.88 Å². The number of nitrogens with zero attached hydrogens (tertiary/aromatic N) is 3. The summed E-state index contributed by atoms with van der Waals surface area (Å²) < 4.78 is 38.1. The van der Waals surface area contributed by atoms with Crippen LogP contribution in [0.15, 0.2) is 42.9 Å². The standard InChI is InChI=1S/C19H17F3N4O/c20-19(21,22)14-5-3-12(4-6-14)16(27)13-2-1-9-26(10-13)18-15-7-8-23-17(15)24-11-25-18/h3-8,11,13H,1-2,9-10H2,(H,23,24,25). The monoisotopic (exact) mass is 374 g/mol. The largest absolute Gasteiger partial charge is 0.416 e. The minimum atomic E-state index is -4.40. The smallest absolute Gasteiger partial charge is 0.355 e. The molecular weight excluding hydrogens is 357 g/mol. The van der Waals surface area contributed by atoms with Crippen molar-refractivity contribution in [2.24, 2.45) is 5.92 Å². The highest BCUT2D eigenvalue weighted by Crippen LogP contribution is 2.31. The van der Waals surface area contributed by atoms with E-state index in [1.165, 1.54) is 18.5 Å². The van der Waals surface area contributed by atoms with Crippen LogP contribution in [0.1, 0.15) is 28.8 Å². The molecule has 3 aromatic rings. The Labute approximate surface area is 153 Å². The molecule has 140 valence electrons. The molecule has 1 aliphatic rings. The van der Waals surface area contributed by atoms with Gasteiger partial charge >= 0.3 is 6.18 Å². The first-order chi connectivity index (χ1) is 12.9. The number of Topliss-reactive ketones (excluding diaryl/α,β-unsaturated/α-hetero) is 1. The number of ketones is 1. The highest BCUT2D eigenvalue weighted by atomic mass is 19.4. The molecule has 1 aliphatic heterocycles. The van der Waals surface area contributed by atoms with Gasteiger partial charge in [0.2, 0.25) is 0 Å². The lowest BCUT2D eigenvalue weighted by Gasteiger charge is -2.33. The molecule has 1 saturated heterocycles. The number of halogens is 3. The van der Waals surface area contributed by atoms with Crippen molar-refractivity contribution in [3.05, 3.63) is 54.0 Å². The van der Waals surface area contributed by atoms with E-state index in [1.54, 1.807) is 6.20 Å². The maximum Gasteiger partial charge on any atom is 0.416 e. The van der Waals surface area contributed by atoms with Crippen molar-refractivity contribution >= 4 is 22.6 Å². The van der Waals surface area contributed by atoms with Crippen molar-refractivity contribution in [3.63, 3.8) is 0 Å². The molecule has 1 fully saturated rings. The van der Waals surface area contributed by atoms with Crippen molar-refractivity contribution in [2.45, 2.75) is 19.0 Å². The van der Waals surface area contributed by atoms with Gasteiger partial charge in [0, 0.05) is 30.8 Å². The van der Waals surface area contributed by atoms with Crippen LogP contribution in [0.25, 0.3) is 11.0 Å². The molecule has 0 saturated carbocycles. The maximum absolute atomic E-state index is 12.8. The zero-order valence-corrected chi connectivity index (χ0v) is 14.3.